The van der Waals surface area contributed by atoms with Gasteiger partial charge in [0, 0.05) is 29.0 Å². The Morgan fingerprint density at radius 3 is 2.50 bits per heavy atom. The van der Waals surface area contributed by atoms with Crippen LogP contribution in [0.15, 0.2) is 48.8 Å². The van der Waals surface area contributed by atoms with Crippen LogP contribution in [0.5, 0.6) is 5.75 Å². The minimum absolute atomic E-state index is 0.0433. The second-order valence-electron chi connectivity index (χ2n) is 6.66. The molecule has 0 unspecified atom stereocenters. The predicted octanol–water partition coefficient (Wildman–Crippen LogP) is 4.07. The molecule has 4 N–H and O–H groups in total. The van der Waals surface area contributed by atoms with Crippen molar-refractivity contribution >= 4 is 29.1 Å². The first-order valence-corrected chi connectivity index (χ1v) is 9.26. The van der Waals surface area contributed by atoms with Crippen molar-refractivity contribution in [3.63, 3.8) is 0 Å². The summed E-state index contributed by atoms with van der Waals surface area (Å²) in [6.07, 6.45) is 3.37. The molecule has 7 nitrogen and oxygen atoms in total. The Morgan fingerprint density at radius 2 is 1.82 bits per heavy atom. The Balaban J connectivity index is 2.00. The number of hydrogen-bond acceptors (Lipinski definition) is 7. The fraction of sp³-hybridized carbons (Fsp3) is 0.250. The van der Waals surface area contributed by atoms with Gasteiger partial charge in [0.1, 0.15) is 11.6 Å². The zero-order valence-corrected chi connectivity index (χ0v) is 16.4. The SMILES string of the molecule is CC(C)[C@@H](CO)Nc1nc(Nc2cc(Cl)ccc2O)cc(-c2ccncc2)n1. The van der Waals surface area contributed by atoms with Gasteiger partial charge in [0.05, 0.1) is 24.0 Å². The van der Waals surface area contributed by atoms with Crippen LogP contribution in [-0.4, -0.2) is 37.8 Å². The normalized spacial score (nSPS) is 12.0. The Morgan fingerprint density at radius 1 is 1.07 bits per heavy atom. The Hall–Kier alpha value is -2.90. The summed E-state index contributed by atoms with van der Waals surface area (Å²) in [4.78, 5) is 13.1. The number of phenols is 1. The molecule has 3 aromatic rings. The van der Waals surface area contributed by atoms with E-state index in [0.29, 0.717) is 28.2 Å². The molecule has 0 bridgehead atoms. The zero-order valence-electron chi connectivity index (χ0n) is 15.6. The van der Waals surface area contributed by atoms with Crippen molar-refractivity contribution in [1.82, 2.24) is 15.0 Å². The summed E-state index contributed by atoms with van der Waals surface area (Å²) in [6, 6.07) is 9.99. The molecule has 0 aliphatic heterocycles. The number of aliphatic hydroxyl groups excluding tert-OH is 1. The molecule has 1 aromatic carbocycles. The number of halogens is 1. The second-order valence-corrected chi connectivity index (χ2v) is 7.10. The highest BCUT2D eigenvalue weighted by Crippen LogP contribution is 2.30. The lowest BCUT2D eigenvalue weighted by Gasteiger charge is -2.21. The summed E-state index contributed by atoms with van der Waals surface area (Å²) in [6.45, 7) is 3.96. The standard InChI is InChI=1S/C20H22ClN5O2/c1-12(2)17(11-27)25-20-24-15(13-5-7-22-8-6-13)10-19(26-20)23-16-9-14(21)3-4-18(16)28/h3-10,12,17,27-28H,11H2,1-2H3,(H2,23,24,25,26)/t17-/m1/s1. The molecule has 0 radical (unpaired) electrons. The number of pyridine rings is 1. The van der Waals surface area contributed by atoms with Crippen LogP contribution in [0.1, 0.15) is 13.8 Å². The smallest absolute Gasteiger partial charge is 0.225 e. The van der Waals surface area contributed by atoms with Crippen LogP contribution in [0, 0.1) is 5.92 Å². The summed E-state index contributed by atoms with van der Waals surface area (Å²) in [5.74, 6) is 1.08. The highest BCUT2D eigenvalue weighted by Gasteiger charge is 2.15. The number of nitrogens with one attached hydrogen (secondary N) is 2. The summed E-state index contributed by atoms with van der Waals surface area (Å²) >= 11 is 6.03. The van der Waals surface area contributed by atoms with Crippen molar-refractivity contribution in [1.29, 1.82) is 0 Å². The average molecular weight is 400 g/mol. The van der Waals surface area contributed by atoms with Gasteiger partial charge in [-0.25, -0.2) is 4.98 Å². The number of aromatic hydroxyl groups is 1. The van der Waals surface area contributed by atoms with Crippen molar-refractivity contribution in [2.24, 2.45) is 5.92 Å². The van der Waals surface area contributed by atoms with Gasteiger partial charge in [0.2, 0.25) is 5.95 Å². The van der Waals surface area contributed by atoms with Gasteiger partial charge in [0.15, 0.2) is 0 Å². The van der Waals surface area contributed by atoms with Gasteiger partial charge >= 0.3 is 0 Å². The van der Waals surface area contributed by atoms with Crippen molar-refractivity contribution in [2.45, 2.75) is 19.9 Å². The van der Waals surface area contributed by atoms with Crippen molar-refractivity contribution < 1.29 is 10.2 Å². The van der Waals surface area contributed by atoms with Gasteiger partial charge in [-0.2, -0.15) is 4.98 Å². The number of aromatic nitrogens is 3. The summed E-state index contributed by atoms with van der Waals surface area (Å²) in [7, 11) is 0. The van der Waals surface area contributed by atoms with E-state index < -0.39 is 0 Å². The van der Waals surface area contributed by atoms with E-state index in [1.54, 1.807) is 30.6 Å². The molecule has 28 heavy (non-hydrogen) atoms. The predicted molar refractivity (Wildman–Crippen MR) is 111 cm³/mol. The molecule has 1 atom stereocenters. The van der Waals surface area contributed by atoms with E-state index >= 15 is 0 Å². The number of rotatable bonds is 7. The molecule has 146 valence electrons. The number of hydrogen-bond donors (Lipinski definition) is 4. The fourth-order valence-corrected chi connectivity index (χ4v) is 2.75. The maximum atomic E-state index is 10.1. The average Bonchev–Trinajstić information content (AvgIpc) is 2.69. The monoisotopic (exact) mass is 399 g/mol. The number of anilines is 3. The maximum Gasteiger partial charge on any atom is 0.225 e. The van der Waals surface area contributed by atoms with E-state index in [1.165, 1.54) is 6.07 Å². The lowest BCUT2D eigenvalue weighted by Crippen LogP contribution is -2.30. The third kappa shape index (κ3) is 4.88. The Kier molecular flexibility index (Phi) is 6.28. The molecule has 8 heteroatoms. The minimum atomic E-state index is -0.194. The van der Waals surface area contributed by atoms with Crippen molar-refractivity contribution in [2.75, 3.05) is 17.2 Å². The second kappa shape index (κ2) is 8.86. The summed E-state index contributed by atoms with van der Waals surface area (Å²) in [5.41, 5.74) is 1.97. The van der Waals surface area contributed by atoms with Gasteiger partial charge in [-0.3, -0.25) is 4.98 Å². The zero-order chi connectivity index (χ0) is 20.1. The first-order valence-electron chi connectivity index (χ1n) is 8.88. The first kappa shape index (κ1) is 19.9. The third-order valence-corrected chi connectivity index (χ3v) is 4.47. The van der Waals surface area contributed by atoms with Crippen LogP contribution >= 0.6 is 11.6 Å². The molecular formula is C20H22ClN5O2. The number of nitrogens with zero attached hydrogens (tertiary/aromatic N) is 3. The molecule has 0 aliphatic rings. The summed E-state index contributed by atoms with van der Waals surface area (Å²) < 4.78 is 0. The largest absolute Gasteiger partial charge is 0.506 e. The van der Waals surface area contributed by atoms with Crippen molar-refractivity contribution in [3.05, 3.63) is 53.8 Å². The van der Waals surface area contributed by atoms with Gasteiger partial charge in [-0.1, -0.05) is 25.4 Å². The molecule has 2 heterocycles. The van der Waals surface area contributed by atoms with Crippen LogP contribution in [0.4, 0.5) is 17.5 Å². The fourth-order valence-electron chi connectivity index (χ4n) is 2.58. The van der Waals surface area contributed by atoms with E-state index in [9.17, 15) is 10.2 Å². The van der Waals surface area contributed by atoms with E-state index in [4.69, 9.17) is 11.6 Å². The van der Waals surface area contributed by atoms with Crippen molar-refractivity contribution in [3.8, 4) is 17.0 Å². The van der Waals surface area contributed by atoms with Gasteiger partial charge in [-0.15, -0.1) is 0 Å². The lowest BCUT2D eigenvalue weighted by atomic mass is 10.1. The molecule has 0 amide bonds. The van der Waals surface area contributed by atoms with Gasteiger partial charge in [-0.05, 0) is 36.2 Å². The quantitative estimate of drug-likeness (QED) is 0.444. The van der Waals surface area contributed by atoms with Crippen LogP contribution in [-0.2, 0) is 0 Å². The highest BCUT2D eigenvalue weighted by atomic mass is 35.5. The van der Waals surface area contributed by atoms with Crippen LogP contribution in [0.3, 0.4) is 0 Å². The molecule has 0 spiro atoms. The van der Waals surface area contributed by atoms with Crippen LogP contribution in [0.2, 0.25) is 5.02 Å². The van der Waals surface area contributed by atoms with Gasteiger partial charge < -0.3 is 20.8 Å². The maximum absolute atomic E-state index is 10.1. The molecule has 0 fully saturated rings. The molecule has 2 aromatic heterocycles. The Labute approximate surface area is 168 Å². The topological polar surface area (TPSA) is 103 Å². The Bertz CT molecular complexity index is 937. The van der Waals surface area contributed by atoms with Gasteiger partial charge in [0.25, 0.3) is 0 Å². The molecule has 0 saturated heterocycles. The molecule has 0 aliphatic carbocycles. The molecular weight excluding hydrogens is 378 g/mol. The number of phenolic OH excluding ortho intramolecular Hbond substituents is 1. The number of benzene rings is 1. The minimum Gasteiger partial charge on any atom is -0.506 e. The summed E-state index contributed by atoms with van der Waals surface area (Å²) in [5, 5.41) is 26.5. The third-order valence-electron chi connectivity index (χ3n) is 4.24. The van der Waals surface area contributed by atoms with E-state index in [0.717, 1.165) is 5.56 Å². The highest BCUT2D eigenvalue weighted by molar-refractivity contribution is 6.31. The molecule has 3 rings (SSSR count). The van der Waals surface area contributed by atoms with Crippen LogP contribution in [0.25, 0.3) is 11.3 Å². The molecule has 0 saturated carbocycles. The first-order chi connectivity index (χ1) is 13.5. The van der Waals surface area contributed by atoms with E-state index in [-0.39, 0.29) is 24.3 Å². The van der Waals surface area contributed by atoms with E-state index in [2.05, 4.69) is 25.6 Å². The number of aliphatic hydroxyl groups is 1. The van der Waals surface area contributed by atoms with Crippen LogP contribution < -0.4 is 10.6 Å². The van der Waals surface area contributed by atoms with E-state index in [1.807, 2.05) is 26.0 Å². The lowest BCUT2D eigenvalue weighted by molar-refractivity contribution is 0.248.